The lowest BCUT2D eigenvalue weighted by Gasteiger charge is -2.03. The van der Waals surface area contributed by atoms with Crippen LogP contribution in [0.1, 0.15) is 18.9 Å². The van der Waals surface area contributed by atoms with Crippen LogP contribution in [-0.2, 0) is 14.3 Å². The molecule has 20 heavy (non-hydrogen) atoms. The zero-order valence-electron chi connectivity index (χ0n) is 11.0. The molecule has 1 aromatic carbocycles. The molecule has 4 nitrogen and oxygen atoms in total. The van der Waals surface area contributed by atoms with Gasteiger partial charge in [-0.3, -0.25) is 9.59 Å². The molecule has 1 aromatic rings. The number of carbonyl (C=O) groups excluding carboxylic acids is 2. The van der Waals surface area contributed by atoms with Gasteiger partial charge < -0.3 is 10.1 Å². The number of hydrogen-bond acceptors (Lipinski definition) is 3. The number of rotatable bonds is 6. The second-order valence-electron chi connectivity index (χ2n) is 3.81. The monoisotopic (exact) mass is 315 g/mol. The predicted molar refractivity (Wildman–Crippen MR) is 79.8 cm³/mol. The van der Waals surface area contributed by atoms with Crippen LogP contribution in [0.2, 0.25) is 10.0 Å². The van der Waals surface area contributed by atoms with Crippen molar-refractivity contribution in [1.29, 1.82) is 0 Å². The van der Waals surface area contributed by atoms with Crippen molar-refractivity contribution >= 4 is 41.2 Å². The summed E-state index contributed by atoms with van der Waals surface area (Å²) in [6.45, 7) is 2.28. The molecule has 1 amide bonds. The summed E-state index contributed by atoms with van der Waals surface area (Å²) in [5.74, 6) is -0.670. The molecule has 0 spiro atoms. The van der Waals surface area contributed by atoms with Gasteiger partial charge >= 0.3 is 5.97 Å². The normalized spacial score (nSPS) is 10.6. The molecule has 0 aliphatic heterocycles. The highest BCUT2D eigenvalue weighted by atomic mass is 35.5. The van der Waals surface area contributed by atoms with Crippen LogP contribution in [-0.4, -0.2) is 25.0 Å². The number of nitrogens with one attached hydrogen (secondary N) is 1. The molecule has 1 N–H and O–H groups in total. The average molecular weight is 316 g/mol. The number of carbonyl (C=O) groups is 2. The minimum atomic E-state index is -0.342. The first-order valence-electron chi connectivity index (χ1n) is 6.10. The van der Waals surface area contributed by atoms with E-state index < -0.39 is 0 Å². The van der Waals surface area contributed by atoms with Crippen LogP contribution in [0.5, 0.6) is 0 Å². The Morgan fingerprint density at radius 3 is 2.55 bits per heavy atom. The van der Waals surface area contributed by atoms with Gasteiger partial charge in [-0.1, -0.05) is 29.3 Å². The van der Waals surface area contributed by atoms with Crippen LogP contribution >= 0.6 is 23.2 Å². The van der Waals surface area contributed by atoms with Crippen molar-refractivity contribution in [3.05, 3.63) is 39.9 Å². The van der Waals surface area contributed by atoms with E-state index in [9.17, 15) is 9.59 Å². The van der Waals surface area contributed by atoms with Gasteiger partial charge in [-0.2, -0.15) is 0 Å². The van der Waals surface area contributed by atoms with Crippen LogP contribution < -0.4 is 5.32 Å². The Bertz CT molecular complexity index is 495. The van der Waals surface area contributed by atoms with Crippen molar-refractivity contribution < 1.29 is 14.3 Å². The molecule has 108 valence electrons. The van der Waals surface area contributed by atoms with Crippen LogP contribution in [0.3, 0.4) is 0 Å². The predicted octanol–water partition coefficient (Wildman–Crippen LogP) is 3.08. The Morgan fingerprint density at radius 2 is 1.95 bits per heavy atom. The van der Waals surface area contributed by atoms with Crippen LogP contribution in [0.25, 0.3) is 6.08 Å². The van der Waals surface area contributed by atoms with Gasteiger partial charge in [0.25, 0.3) is 0 Å². The molecule has 0 aromatic heterocycles. The molecule has 0 saturated carbocycles. The van der Waals surface area contributed by atoms with Crippen molar-refractivity contribution in [3.63, 3.8) is 0 Å². The summed E-state index contributed by atoms with van der Waals surface area (Å²) in [7, 11) is 0. The molecular formula is C14H15Cl2NO3. The van der Waals surface area contributed by atoms with Crippen LogP contribution in [0.4, 0.5) is 0 Å². The van der Waals surface area contributed by atoms with Gasteiger partial charge in [-0.05, 0) is 25.1 Å². The van der Waals surface area contributed by atoms with E-state index in [0.717, 1.165) is 0 Å². The number of benzene rings is 1. The Hall–Kier alpha value is -1.52. The molecule has 0 aliphatic carbocycles. The molecule has 0 fully saturated rings. The van der Waals surface area contributed by atoms with E-state index in [2.05, 4.69) is 5.32 Å². The van der Waals surface area contributed by atoms with E-state index in [1.807, 2.05) is 0 Å². The van der Waals surface area contributed by atoms with Crippen molar-refractivity contribution in [2.24, 2.45) is 0 Å². The number of ether oxygens (including phenoxy) is 1. The maximum absolute atomic E-state index is 11.5. The van der Waals surface area contributed by atoms with Crippen molar-refractivity contribution in [2.45, 2.75) is 13.3 Å². The third-order valence-electron chi connectivity index (χ3n) is 2.33. The number of hydrogen-bond donors (Lipinski definition) is 1. The zero-order chi connectivity index (χ0) is 15.0. The van der Waals surface area contributed by atoms with Gasteiger partial charge in [0.05, 0.1) is 13.0 Å². The highest BCUT2D eigenvalue weighted by molar-refractivity contribution is 6.37. The topological polar surface area (TPSA) is 55.4 Å². The molecule has 0 aliphatic rings. The lowest BCUT2D eigenvalue weighted by atomic mass is 10.2. The van der Waals surface area contributed by atoms with Gasteiger partial charge in [0, 0.05) is 28.2 Å². The lowest BCUT2D eigenvalue weighted by molar-refractivity contribution is -0.142. The molecule has 1 rings (SSSR count). The number of halogens is 2. The highest BCUT2D eigenvalue weighted by Gasteiger charge is 2.04. The SMILES string of the molecule is CCOC(=O)CCNC(=O)C=Cc1c(Cl)cccc1Cl. The third kappa shape index (κ3) is 5.63. The van der Waals surface area contributed by atoms with Gasteiger partial charge in [-0.25, -0.2) is 0 Å². The fourth-order valence-corrected chi connectivity index (χ4v) is 1.93. The molecule has 0 bridgehead atoms. The highest BCUT2D eigenvalue weighted by Crippen LogP contribution is 2.25. The summed E-state index contributed by atoms with van der Waals surface area (Å²) in [5.41, 5.74) is 0.580. The maximum atomic E-state index is 11.5. The minimum Gasteiger partial charge on any atom is -0.466 e. The fourth-order valence-electron chi connectivity index (χ4n) is 1.41. The van der Waals surface area contributed by atoms with Gasteiger partial charge in [0.1, 0.15) is 0 Å². The Kier molecular flexibility index (Phi) is 7.12. The molecule has 6 heteroatoms. The molecule has 0 unspecified atom stereocenters. The standard InChI is InChI=1S/C14H15Cl2NO3/c1-2-20-14(19)8-9-17-13(18)7-6-10-11(15)4-3-5-12(10)16/h3-7H,2,8-9H2,1H3,(H,17,18). The first kappa shape index (κ1) is 16.5. The summed E-state index contributed by atoms with van der Waals surface area (Å²) < 4.78 is 4.74. The summed E-state index contributed by atoms with van der Waals surface area (Å²) in [6, 6.07) is 5.10. The molecule has 0 heterocycles. The van der Waals surface area contributed by atoms with E-state index in [-0.39, 0.29) is 24.8 Å². The Morgan fingerprint density at radius 1 is 1.30 bits per heavy atom. The van der Waals surface area contributed by atoms with E-state index >= 15 is 0 Å². The molecule has 0 saturated heterocycles. The summed E-state index contributed by atoms with van der Waals surface area (Å²) >= 11 is 11.9. The number of amides is 1. The second kappa shape index (κ2) is 8.61. The second-order valence-corrected chi connectivity index (χ2v) is 4.63. The molecule has 0 radical (unpaired) electrons. The average Bonchev–Trinajstić information content (AvgIpc) is 2.38. The summed E-state index contributed by atoms with van der Waals surface area (Å²) in [6.07, 6.45) is 2.99. The van der Waals surface area contributed by atoms with E-state index in [4.69, 9.17) is 27.9 Å². The Balaban J connectivity index is 2.46. The lowest BCUT2D eigenvalue weighted by Crippen LogP contribution is -2.24. The fraction of sp³-hybridized carbons (Fsp3) is 0.286. The van der Waals surface area contributed by atoms with Crippen LogP contribution in [0.15, 0.2) is 24.3 Å². The third-order valence-corrected chi connectivity index (χ3v) is 2.99. The minimum absolute atomic E-state index is 0.139. The maximum Gasteiger partial charge on any atom is 0.307 e. The zero-order valence-corrected chi connectivity index (χ0v) is 12.5. The summed E-state index contributed by atoms with van der Waals surface area (Å²) in [5, 5.41) is 3.50. The van der Waals surface area contributed by atoms with Gasteiger partial charge in [0.15, 0.2) is 0 Å². The number of esters is 1. The van der Waals surface area contributed by atoms with Crippen molar-refractivity contribution in [3.8, 4) is 0 Å². The van der Waals surface area contributed by atoms with Gasteiger partial charge in [0.2, 0.25) is 5.91 Å². The van der Waals surface area contributed by atoms with Crippen LogP contribution in [0, 0.1) is 0 Å². The quantitative estimate of drug-likeness (QED) is 0.648. The van der Waals surface area contributed by atoms with E-state index in [1.165, 1.54) is 12.2 Å². The first-order valence-corrected chi connectivity index (χ1v) is 6.85. The largest absolute Gasteiger partial charge is 0.466 e. The van der Waals surface area contributed by atoms with Crippen molar-refractivity contribution in [2.75, 3.05) is 13.2 Å². The summed E-state index contributed by atoms with van der Waals surface area (Å²) in [4.78, 5) is 22.6. The van der Waals surface area contributed by atoms with E-state index in [0.29, 0.717) is 22.2 Å². The van der Waals surface area contributed by atoms with E-state index in [1.54, 1.807) is 25.1 Å². The molecular weight excluding hydrogens is 301 g/mol. The molecule has 0 atom stereocenters. The first-order chi connectivity index (χ1) is 9.54. The van der Waals surface area contributed by atoms with Gasteiger partial charge in [-0.15, -0.1) is 0 Å². The Labute approximate surface area is 127 Å². The van der Waals surface area contributed by atoms with Crippen molar-refractivity contribution in [1.82, 2.24) is 5.32 Å². The smallest absolute Gasteiger partial charge is 0.307 e.